The van der Waals surface area contributed by atoms with E-state index in [1.165, 1.54) is 56.3 Å². The first-order chi connectivity index (χ1) is 14.2. The number of hydrogen-bond donors (Lipinski definition) is 0. The fraction of sp³-hybridized carbons (Fsp3) is 0.538. The number of ether oxygens (including phenoxy) is 1. The molecule has 2 aromatic rings. The summed E-state index contributed by atoms with van der Waals surface area (Å²) < 4.78 is 5.52. The average Bonchev–Trinajstić information content (AvgIpc) is 3.17. The lowest BCUT2D eigenvalue weighted by Crippen LogP contribution is -2.38. The fourth-order valence-electron chi connectivity index (χ4n) is 5.41. The highest BCUT2D eigenvalue weighted by Gasteiger charge is 2.35. The van der Waals surface area contributed by atoms with Crippen LogP contribution in [0.25, 0.3) is 0 Å². The van der Waals surface area contributed by atoms with Gasteiger partial charge < -0.3 is 9.64 Å². The first kappa shape index (κ1) is 20.4. The van der Waals surface area contributed by atoms with Crippen molar-refractivity contribution in [2.45, 2.75) is 50.6 Å². The standard InChI is InChI=1S/C26H36N2O/c1-27(24-13-7-4-8-14-24)18-23-19-28(17-21-10-5-3-6-11-21)20-26(23)22-12-9-15-25(16-22)29-2/h3,5-6,9-12,15-16,23-24,26H,4,7-8,13-14,17-20H2,1-2H3. The Morgan fingerprint density at radius 1 is 0.966 bits per heavy atom. The van der Waals surface area contributed by atoms with Gasteiger partial charge in [-0.25, -0.2) is 0 Å². The van der Waals surface area contributed by atoms with Gasteiger partial charge in [0, 0.05) is 38.1 Å². The second-order valence-electron chi connectivity index (χ2n) is 9.05. The molecule has 2 fully saturated rings. The molecule has 2 aliphatic rings. The summed E-state index contributed by atoms with van der Waals surface area (Å²) in [5.41, 5.74) is 2.85. The summed E-state index contributed by atoms with van der Waals surface area (Å²) in [4.78, 5) is 5.32. The van der Waals surface area contributed by atoms with E-state index in [2.05, 4.69) is 71.4 Å². The highest BCUT2D eigenvalue weighted by molar-refractivity contribution is 5.32. The molecule has 3 nitrogen and oxygen atoms in total. The number of nitrogens with zero attached hydrogens (tertiary/aromatic N) is 2. The minimum atomic E-state index is 0.569. The van der Waals surface area contributed by atoms with Gasteiger partial charge in [0.1, 0.15) is 5.75 Å². The van der Waals surface area contributed by atoms with E-state index in [0.717, 1.165) is 24.9 Å². The molecular formula is C26H36N2O. The number of hydrogen-bond acceptors (Lipinski definition) is 3. The topological polar surface area (TPSA) is 15.7 Å². The van der Waals surface area contributed by atoms with E-state index in [9.17, 15) is 0 Å². The number of likely N-dealkylation sites (tertiary alicyclic amines) is 1. The fourth-order valence-corrected chi connectivity index (χ4v) is 5.41. The zero-order chi connectivity index (χ0) is 20.1. The maximum absolute atomic E-state index is 5.52. The summed E-state index contributed by atoms with van der Waals surface area (Å²) >= 11 is 0. The molecule has 2 aromatic carbocycles. The molecule has 0 N–H and O–H groups in total. The van der Waals surface area contributed by atoms with Gasteiger partial charge >= 0.3 is 0 Å². The molecule has 156 valence electrons. The smallest absolute Gasteiger partial charge is 0.119 e. The quantitative estimate of drug-likeness (QED) is 0.646. The first-order valence-corrected chi connectivity index (χ1v) is 11.3. The van der Waals surface area contributed by atoms with E-state index in [-0.39, 0.29) is 0 Å². The highest BCUT2D eigenvalue weighted by atomic mass is 16.5. The van der Waals surface area contributed by atoms with Crippen LogP contribution in [0.2, 0.25) is 0 Å². The summed E-state index contributed by atoms with van der Waals surface area (Å²) in [5.74, 6) is 2.21. The van der Waals surface area contributed by atoms with Crippen LogP contribution >= 0.6 is 0 Å². The Morgan fingerprint density at radius 2 is 1.76 bits per heavy atom. The molecule has 0 aromatic heterocycles. The lowest BCUT2D eigenvalue weighted by molar-refractivity contribution is 0.162. The van der Waals surface area contributed by atoms with E-state index in [1.54, 1.807) is 7.11 Å². The zero-order valence-electron chi connectivity index (χ0n) is 18.1. The molecule has 0 spiro atoms. The molecule has 1 saturated carbocycles. The molecule has 29 heavy (non-hydrogen) atoms. The molecule has 1 saturated heterocycles. The summed E-state index contributed by atoms with van der Waals surface area (Å²) in [6, 6.07) is 20.4. The van der Waals surface area contributed by atoms with Gasteiger partial charge in [-0.05, 0) is 49.1 Å². The maximum atomic E-state index is 5.52. The van der Waals surface area contributed by atoms with E-state index in [0.29, 0.717) is 11.8 Å². The lowest BCUT2D eigenvalue weighted by atomic mass is 9.87. The summed E-state index contributed by atoms with van der Waals surface area (Å²) in [6.07, 6.45) is 6.98. The van der Waals surface area contributed by atoms with Crippen molar-refractivity contribution in [3.05, 3.63) is 65.7 Å². The predicted octanol–water partition coefficient (Wildman–Crippen LogP) is 5.18. The molecule has 0 radical (unpaired) electrons. The Bertz CT molecular complexity index is 756. The molecule has 0 bridgehead atoms. The molecule has 2 atom stereocenters. The van der Waals surface area contributed by atoms with Crippen LogP contribution < -0.4 is 4.74 Å². The monoisotopic (exact) mass is 392 g/mol. The van der Waals surface area contributed by atoms with Crippen molar-refractivity contribution in [2.75, 3.05) is 33.8 Å². The van der Waals surface area contributed by atoms with Crippen LogP contribution in [0, 0.1) is 5.92 Å². The van der Waals surface area contributed by atoms with Gasteiger partial charge in [-0.1, -0.05) is 61.7 Å². The minimum Gasteiger partial charge on any atom is -0.497 e. The molecule has 3 heteroatoms. The number of methoxy groups -OCH3 is 1. The Hall–Kier alpha value is -1.84. The van der Waals surface area contributed by atoms with Gasteiger partial charge in [0.2, 0.25) is 0 Å². The third kappa shape index (κ3) is 5.21. The van der Waals surface area contributed by atoms with E-state index >= 15 is 0 Å². The second kappa shape index (κ2) is 9.77. The Labute approximate surface area is 176 Å². The predicted molar refractivity (Wildman–Crippen MR) is 120 cm³/mol. The van der Waals surface area contributed by atoms with Crippen LogP contribution in [0.1, 0.15) is 49.1 Å². The number of rotatable bonds is 7. The van der Waals surface area contributed by atoms with Crippen molar-refractivity contribution in [1.29, 1.82) is 0 Å². The Morgan fingerprint density at radius 3 is 2.52 bits per heavy atom. The van der Waals surface area contributed by atoms with Gasteiger partial charge in [0.05, 0.1) is 7.11 Å². The zero-order valence-corrected chi connectivity index (χ0v) is 18.1. The summed E-state index contributed by atoms with van der Waals surface area (Å²) in [7, 11) is 4.13. The second-order valence-corrected chi connectivity index (χ2v) is 9.05. The largest absolute Gasteiger partial charge is 0.497 e. The molecule has 4 rings (SSSR count). The van der Waals surface area contributed by atoms with Gasteiger partial charge in [-0.2, -0.15) is 0 Å². The van der Waals surface area contributed by atoms with Gasteiger partial charge in [-0.15, -0.1) is 0 Å². The molecule has 1 heterocycles. The van der Waals surface area contributed by atoms with Crippen molar-refractivity contribution in [1.82, 2.24) is 9.80 Å². The average molecular weight is 393 g/mol. The summed E-state index contributed by atoms with van der Waals surface area (Å²) in [5, 5.41) is 0. The van der Waals surface area contributed by atoms with Gasteiger partial charge in [-0.3, -0.25) is 4.90 Å². The van der Waals surface area contributed by atoms with Gasteiger partial charge in [0.25, 0.3) is 0 Å². The van der Waals surface area contributed by atoms with Gasteiger partial charge in [0.15, 0.2) is 0 Å². The van der Waals surface area contributed by atoms with Crippen molar-refractivity contribution in [3.8, 4) is 5.75 Å². The van der Waals surface area contributed by atoms with Crippen LogP contribution in [0.3, 0.4) is 0 Å². The van der Waals surface area contributed by atoms with E-state index in [4.69, 9.17) is 4.74 Å². The highest BCUT2D eigenvalue weighted by Crippen LogP contribution is 2.36. The Balaban J connectivity index is 1.49. The van der Waals surface area contributed by atoms with E-state index in [1.807, 2.05) is 0 Å². The Kier molecular flexibility index (Phi) is 6.89. The molecule has 0 amide bonds. The summed E-state index contributed by atoms with van der Waals surface area (Å²) in [6.45, 7) is 4.54. The van der Waals surface area contributed by atoms with Crippen molar-refractivity contribution >= 4 is 0 Å². The van der Waals surface area contributed by atoms with Crippen molar-refractivity contribution in [3.63, 3.8) is 0 Å². The maximum Gasteiger partial charge on any atom is 0.119 e. The molecule has 2 unspecified atom stereocenters. The number of benzene rings is 2. The first-order valence-electron chi connectivity index (χ1n) is 11.3. The van der Waals surface area contributed by atoms with Crippen molar-refractivity contribution < 1.29 is 4.74 Å². The van der Waals surface area contributed by atoms with Crippen LogP contribution in [-0.4, -0.2) is 49.6 Å². The van der Waals surface area contributed by atoms with Crippen LogP contribution in [0.15, 0.2) is 54.6 Å². The molecule has 1 aliphatic carbocycles. The van der Waals surface area contributed by atoms with Crippen LogP contribution in [-0.2, 0) is 6.54 Å². The third-order valence-corrected chi connectivity index (χ3v) is 7.01. The SMILES string of the molecule is COc1cccc(C2CN(Cc3ccccc3)CC2CN(C)C2CCCCC2)c1. The molecular weight excluding hydrogens is 356 g/mol. The normalized spacial score (nSPS) is 23.6. The van der Waals surface area contributed by atoms with Crippen molar-refractivity contribution in [2.24, 2.45) is 5.92 Å². The minimum absolute atomic E-state index is 0.569. The van der Waals surface area contributed by atoms with Crippen LogP contribution in [0.5, 0.6) is 5.75 Å². The lowest BCUT2D eigenvalue weighted by Gasteiger charge is -2.34. The van der Waals surface area contributed by atoms with Crippen LogP contribution in [0.4, 0.5) is 0 Å². The molecule has 1 aliphatic heterocycles. The van der Waals surface area contributed by atoms with E-state index < -0.39 is 0 Å². The third-order valence-electron chi connectivity index (χ3n) is 7.01.